The van der Waals surface area contributed by atoms with Gasteiger partial charge in [-0.1, -0.05) is 34.1 Å². The summed E-state index contributed by atoms with van der Waals surface area (Å²) >= 11 is 3.24. The number of Topliss-reactive ketones (excluding diaryl/α,β-unsaturated/α-hetero) is 1. The van der Waals surface area contributed by atoms with Crippen LogP contribution in [-0.2, 0) is 0 Å². The fourth-order valence-corrected chi connectivity index (χ4v) is 1.91. The topological polar surface area (TPSA) is 69.4 Å². The van der Waals surface area contributed by atoms with Crippen molar-refractivity contribution in [3.05, 3.63) is 68.4 Å². The van der Waals surface area contributed by atoms with Gasteiger partial charge in [0.1, 0.15) is 0 Å². The molecule has 0 fully saturated rings. The number of halogens is 2. The number of ketones is 1. The molecular formula is C14H9BrFNO4. The molecule has 0 aliphatic heterocycles. The van der Waals surface area contributed by atoms with Gasteiger partial charge in [0.05, 0.1) is 4.92 Å². The number of rotatable bonds is 5. The van der Waals surface area contributed by atoms with Crippen molar-refractivity contribution in [1.29, 1.82) is 0 Å². The lowest BCUT2D eigenvalue weighted by atomic mass is 10.1. The SMILES string of the molecule is O=C(COc1c(F)cccc1[N+](=O)[O-])c1ccc(Br)cc1. The molecule has 0 heterocycles. The van der Waals surface area contributed by atoms with Crippen molar-refractivity contribution in [2.75, 3.05) is 6.61 Å². The first-order valence-electron chi connectivity index (χ1n) is 5.83. The van der Waals surface area contributed by atoms with Gasteiger partial charge < -0.3 is 4.74 Å². The van der Waals surface area contributed by atoms with Crippen LogP contribution in [0.2, 0.25) is 0 Å². The summed E-state index contributed by atoms with van der Waals surface area (Å²) in [5.74, 6) is -1.82. The maximum atomic E-state index is 13.6. The molecule has 0 aliphatic carbocycles. The summed E-state index contributed by atoms with van der Waals surface area (Å²) in [6, 6.07) is 9.86. The molecule has 0 spiro atoms. The van der Waals surface area contributed by atoms with Crippen LogP contribution >= 0.6 is 15.9 Å². The number of para-hydroxylation sites is 1. The Balaban J connectivity index is 2.15. The molecule has 2 rings (SSSR count). The zero-order valence-electron chi connectivity index (χ0n) is 10.6. The molecule has 0 radical (unpaired) electrons. The zero-order chi connectivity index (χ0) is 15.4. The summed E-state index contributed by atoms with van der Waals surface area (Å²) in [6.07, 6.45) is 0. The van der Waals surface area contributed by atoms with Crippen molar-refractivity contribution in [2.45, 2.75) is 0 Å². The smallest absolute Gasteiger partial charge is 0.314 e. The Morgan fingerprint density at radius 3 is 2.52 bits per heavy atom. The van der Waals surface area contributed by atoms with Crippen LogP contribution in [0, 0.1) is 15.9 Å². The molecule has 7 heteroatoms. The maximum Gasteiger partial charge on any atom is 0.314 e. The van der Waals surface area contributed by atoms with Crippen molar-refractivity contribution in [3.63, 3.8) is 0 Å². The van der Waals surface area contributed by atoms with E-state index in [9.17, 15) is 19.3 Å². The Labute approximate surface area is 127 Å². The van der Waals surface area contributed by atoms with Gasteiger partial charge in [-0.25, -0.2) is 4.39 Å². The summed E-state index contributed by atoms with van der Waals surface area (Å²) < 4.78 is 19.4. The predicted molar refractivity (Wildman–Crippen MR) is 77.0 cm³/mol. The molecule has 2 aromatic carbocycles. The van der Waals surface area contributed by atoms with Crippen molar-refractivity contribution in [1.82, 2.24) is 0 Å². The lowest BCUT2D eigenvalue weighted by Crippen LogP contribution is -2.13. The molecule has 5 nitrogen and oxygen atoms in total. The van der Waals surface area contributed by atoms with Gasteiger partial charge in [-0.2, -0.15) is 0 Å². The van der Waals surface area contributed by atoms with Gasteiger partial charge in [0, 0.05) is 16.1 Å². The fourth-order valence-electron chi connectivity index (χ4n) is 1.64. The van der Waals surface area contributed by atoms with Gasteiger partial charge in [-0.3, -0.25) is 14.9 Å². The van der Waals surface area contributed by atoms with E-state index in [-0.39, 0.29) is 0 Å². The normalized spacial score (nSPS) is 10.2. The minimum absolute atomic E-state index is 0.372. The first-order valence-corrected chi connectivity index (χ1v) is 6.63. The van der Waals surface area contributed by atoms with Gasteiger partial charge in [-0.05, 0) is 18.2 Å². The number of hydrogen-bond donors (Lipinski definition) is 0. The number of benzene rings is 2. The number of nitro benzene ring substituents is 1. The molecule has 0 saturated heterocycles. The summed E-state index contributed by atoms with van der Waals surface area (Å²) in [4.78, 5) is 21.9. The van der Waals surface area contributed by atoms with Gasteiger partial charge in [0.2, 0.25) is 5.75 Å². The Morgan fingerprint density at radius 2 is 1.90 bits per heavy atom. The van der Waals surface area contributed by atoms with Crippen molar-refractivity contribution < 1.29 is 18.8 Å². The Bertz CT molecular complexity index is 688. The van der Waals surface area contributed by atoms with Crippen LogP contribution in [0.1, 0.15) is 10.4 Å². The Hall–Kier alpha value is -2.28. The number of nitro groups is 1. The maximum absolute atomic E-state index is 13.6. The number of carbonyl (C=O) groups is 1. The van der Waals surface area contributed by atoms with E-state index in [0.717, 1.165) is 16.6 Å². The Morgan fingerprint density at radius 1 is 1.24 bits per heavy atom. The molecule has 0 N–H and O–H groups in total. The van der Waals surface area contributed by atoms with E-state index in [4.69, 9.17) is 4.74 Å². The van der Waals surface area contributed by atoms with Gasteiger partial charge >= 0.3 is 5.69 Å². The van der Waals surface area contributed by atoms with Crippen LogP contribution in [0.25, 0.3) is 0 Å². The number of nitrogens with zero attached hydrogens (tertiary/aromatic N) is 1. The highest BCUT2D eigenvalue weighted by atomic mass is 79.9. The molecular weight excluding hydrogens is 345 g/mol. The number of hydrogen-bond acceptors (Lipinski definition) is 4. The van der Waals surface area contributed by atoms with E-state index < -0.39 is 34.6 Å². The molecule has 0 aromatic heterocycles. The minimum atomic E-state index is -0.882. The van der Waals surface area contributed by atoms with E-state index >= 15 is 0 Å². The first kappa shape index (κ1) is 15.1. The molecule has 21 heavy (non-hydrogen) atoms. The largest absolute Gasteiger partial charge is 0.476 e. The van der Waals surface area contributed by atoms with Crippen molar-refractivity contribution >= 4 is 27.4 Å². The quantitative estimate of drug-likeness (QED) is 0.466. The van der Waals surface area contributed by atoms with Gasteiger partial charge in [-0.15, -0.1) is 0 Å². The summed E-state index contributed by atoms with van der Waals surface area (Å²) in [5, 5.41) is 10.8. The average molecular weight is 354 g/mol. The molecule has 2 aromatic rings. The van der Waals surface area contributed by atoms with E-state index in [0.29, 0.717) is 5.56 Å². The van der Waals surface area contributed by atoms with Crippen LogP contribution in [0.15, 0.2) is 46.9 Å². The summed E-state index contributed by atoms with van der Waals surface area (Å²) in [5.41, 5.74) is -0.143. The molecule has 0 saturated carbocycles. The van der Waals surface area contributed by atoms with Crippen LogP contribution < -0.4 is 4.74 Å². The van der Waals surface area contributed by atoms with E-state index in [1.54, 1.807) is 24.3 Å². The lowest BCUT2D eigenvalue weighted by Gasteiger charge is -2.07. The fraction of sp³-hybridized carbons (Fsp3) is 0.0714. The zero-order valence-corrected chi connectivity index (χ0v) is 12.2. The number of ether oxygens (including phenoxy) is 1. The minimum Gasteiger partial charge on any atom is -0.476 e. The second-order valence-electron chi connectivity index (χ2n) is 4.06. The lowest BCUT2D eigenvalue weighted by molar-refractivity contribution is -0.386. The molecule has 0 atom stereocenters. The monoisotopic (exact) mass is 353 g/mol. The molecule has 108 valence electrons. The average Bonchev–Trinajstić information content (AvgIpc) is 2.46. The molecule has 0 bridgehead atoms. The van der Waals surface area contributed by atoms with E-state index in [1.165, 1.54) is 6.07 Å². The first-order chi connectivity index (χ1) is 9.99. The third-order valence-corrected chi connectivity index (χ3v) is 3.19. The molecule has 0 amide bonds. The molecule has 0 aliphatic rings. The molecule has 0 unspecified atom stereocenters. The number of carbonyl (C=O) groups excluding carboxylic acids is 1. The van der Waals surface area contributed by atoms with Crippen LogP contribution in [-0.4, -0.2) is 17.3 Å². The standard InChI is InChI=1S/C14H9BrFNO4/c15-10-6-4-9(5-7-10)13(18)8-21-14-11(16)2-1-3-12(14)17(19)20/h1-7H,8H2. The highest BCUT2D eigenvalue weighted by Crippen LogP contribution is 2.29. The summed E-state index contributed by atoms with van der Waals surface area (Å²) in [6.45, 7) is -0.483. The van der Waals surface area contributed by atoms with Gasteiger partial charge in [0.15, 0.2) is 18.2 Å². The Kier molecular flexibility index (Phi) is 4.64. The third-order valence-electron chi connectivity index (χ3n) is 2.66. The van der Waals surface area contributed by atoms with E-state index in [2.05, 4.69) is 15.9 Å². The summed E-state index contributed by atoms with van der Waals surface area (Å²) in [7, 11) is 0. The second kappa shape index (κ2) is 6.45. The van der Waals surface area contributed by atoms with E-state index in [1.807, 2.05) is 0 Å². The van der Waals surface area contributed by atoms with Crippen LogP contribution in [0.5, 0.6) is 5.75 Å². The highest BCUT2D eigenvalue weighted by molar-refractivity contribution is 9.10. The van der Waals surface area contributed by atoms with Crippen molar-refractivity contribution in [2.24, 2.45) is 0 Å². The van der Waals surface area contributed by atoms with Gasteiger partial charge in [0.25, 0.3) is 0 Å². The van der Waals surface area contributed by atoms with Crippen LogP contribution in [0.4, 0.5) is 10.1 Å². The second-order valence-corrected chi connectivity index (χ2v) is 4.98. The van der Waals surface area contributed by atoms with Crippen LogP contribution in [0.3, 0.4) is 0 Å². The third kappa shape index (κ3) is 3.63. The van der Waals surface area contributed by atoms with Crippen molar-refractivity contribution in [3.8, 4) is 5.75 Å². The predicted octanol–water partition coefficient (Wildman–Crippen LogP) is 3.76. The highest BCUT2D eigenvalue weighted by Gasteiger charge is 2.20.